The number of nitrogens with one attached hydrogen (secondary N) is 2. The maximum absolute atomic E-state index is 12.2. The molecule has 2 aromatic rings. The number of benzene rings is 2. The molecule has 0 saturated heterocycles. The van der Waals surface area contributed by atoms with Gasteiger partial charge in [0.15, 0.2) is 11.5 Å². The Bertz CT molecular complexity index is 714. The van der Waals surface area contributed by atoms with Gasteiger partial charge in [-0.25, -0.2) is 0 Å². The molecule has 2 N–H and O–H groups in total. The van der Waals surface area contributed by atoms with Crippen LogP contribution in [0.15, 0.2) is 42.5 Å². The predicted molar refractivity (Wildman–Crippen MR) is 77.7 cm³/mol. The Hall–Kier alpha value is -2.69. The number of ether oxygens (including phenoxy) is 2. The molecular weight excluding hydrogens is 268 g/mol. The van der Waals surface area contributed by atoms with Crippen molar-refractivity contribution in [2.75, 3.05) is 18.5 Å². The molecule has 106 valence electrons. The molecule has 1 unspecified atom stereocenters. The Kier molecular flexibility index (Phi) is 2.70. The standard InChI is InChI=1S/C16H14N2O3/c19-16-11-3-1-2-4-12(11)17-15(18-16)10-5-6-13-14(9-10)21-8-7-20-13/h1-6,9,15,17H,7-8H2,(H,18,19). The van der Waals surface area contributed by atoms with Gasteiger partial charge in [0.05, 0.1) is 5.56 Å². The van der Waals surface area contributed by atoms with Crippen LogP contribution in [0.3, 0.4) is 0 Å². The number of amides is 1. The summed E-state index contributed by atoms with van der Waals surface area (Å²) >= 11 is 0. The summed E-state index contributed by atoms with van der Waals surface area (Å²) in [5.74, 6) is 1.38. The molecule has 0 radical (unpaired) electrons. The number of carbonyl (C=O) groups excluding carboxylic acids is 1. The van der Waals surface area contributed by atoms with Gasteiger partial charge >= 0.3 is 0 Å². The van der Waals surface area contributed by atoms with Gasteiger partial charge in [0.25, 0.3) is 5.91 Å². The van der Waals surface area contributed by atoms with E-state index >= 15 is 0 Å². The zero-order valence-corrected chi connectivity index (χ0v) is 11.3. The highest BCUT2D eigenvalue weighted by molar-refractivity contribution is 6.01. The van der Waals surface area contributed by atoms with Crippen molar-refractivity contribution in [1.82, 2.24) is 5.32 Å². The summed E-state index contributed by atoms with van der Waals surface area (Å²) in [6.45, 7) is 1.11. The molecular formula is C16H14N2O3. The molecule has 5 heteroatoms. The molecule has 0 bridgehead atoms. The van der Waals surface area contributed by atoms with Crippen molar-refractivity contribution in [3.05, 3.63) is 53.6 Å². The van der Waals surface area contributed by atoms with Crippen molar-refractivity contribution >= 4 is 11.6 Å². The summed E-state index contributed by atoms with van der Waals surface area (Å²) in [6.07, 6.45) is -0.275. The van der Waals surface area contributed by atoms with Gasteiger partial charge in [0.2, 0.25) is 0 Å². The molecule has 21 heavy (non-hydrogen) atoms. The summed E-state index contributed by atoms with van der Waals surface area (Å²) in [4.78, 5) is 12.2. The molecule has 0 aromatic heterocycles. The largest absolute Gasteiger partial charge is 0.486 e. The first-order valence-corrected chi connectivity index (χ1v) is 6.87. The van der Waals surface area contributed by atoms with E-state index in [1.807, 2.05) is 36.4 Å². The van der Waals surface area contributed by atoms with Crippen molar-refractivity contribution in [2.24, 2.45) is 0 Å². The second-order valence-corrected chi connectivity index (χ2v) is 5.00. The molecule has 1 atom stereocenters. The smallest absolute Gasteiger partial charge is 0.255 e. The zero-order valence-electron chi connectivity index (χ0n) is 11.3. The molecule has 2 heterocycles. The minimum atomic E-state index is -0.275. The average molecular weight is 282 g/mol. The van der Waals surface area contributed by atoms with Crippen LogP contribution in [0.25, 0.3) is 0 Å². The topological polar surface area (TPSA) is 59.6 Å². The van der Waals surface area contributed by atoms with E-state index in [0.717, 1.165) is 17.0 Å². The highest BCUT2D eigenvalue weighted by atomic mass is 16.6. The molecule has 0 aliphatic carbocycles. The van der Waals surface area contributed by atoms with Gasteiger partial charge < -0.3 is 20.1 Å². The van der Waals surface area contributed by atoms with E-state index in [2.05, 4.69) is 10.6 Å². The van der Waals surface area contributed by atoms with Crippen LogP contribution in [0.1, 0.15) is 22.1 Å². The molecule has 1 amide bonds. The molecule has 5 nitrogen and oxygen atoms in total. The number of anilines is 1. The first kappa shape index (κ1) is 12.1. The fourth-order valence-corrected chi connectivity index (χ4v) is 2.61. The Balaban J connectivity index is 1.67. The SMILES string of the molecule is O=C1NC(c2ccc3c(c2)OCCO3)Nc2ccccc21. The van der Waals surface area contributed by atoms with Crippen LogP contribution < -0.4 is 20.1 Å². The van der Waals surface area contributed by atoms with Gasteiger partial charge in [0.1, 0.15) is 19.4 Å². The number of hydrogen-bond donors (Lipinski definition) is 2. The Morgan fingerprint density at radius 3 is 2.67 bits per heavy atom. The van der Waals surface area contributed by atoms with E-state index in [9.17, 15) is 4.79 Å². The van der Waals surface area contributed by atoms with Gasteiger partial charge in [-0.2, -0.15) is 0 Å². The second-order valence-electron chi connectivity index (χ2n) is 5.00. The van der Waals surface area contributed by atoms with Crippen LogP contribution in [-0.4, -0.2) is 19.1 Å². The Morgan fingerprint density at radius 2 is 1.76 bits per heavy atom. The third-order valence-electron chi connectivity index (χ3n) is 3.65. The Labute approximate surface area is 121 Å². The van der Waals surface area contributed by atoms with Crippen LogP contribution in [0.4, 0.5) is 5.69 Å². The first-order chi connectivity index (χ1) is 10.3. The van der Waals surface area contributed by atoms with E-state index < -0.39 is 0 Å². The number of carbonyl (C=O) groups is 1. The fourth-order valence-electron chi connectivity index (χ4n) is 2.61. The monoisotopic (exact) mass is 282 g/mol. The van der Waals surface area contributed by atoms with E-state index in [-0.39, 0.29) is 12.1 Å². The maximum atomic E-state index is 12.2. The quantitative estimate of drug-likeness (QED) is 0.842. The lowest BCUT2D eigenvalue weighted by Gasteiger charge is -2.29. The van der Waals surface area contributed by atoms with E-state index in [1.165, 1.54) is 0 Å². The highest BCUT2D eigenvalue weighted by Gasteiger charge is 2.25. The van der Waals surface area contributed by atoms with Crippen LogP contribution in [0, 0.1) is 0 Å². The van der Waals surface area contributed by atoms with Gasteiger partial charge in [-0.3, -0.25) is 4.79 Å². The van der Waals surface area contributed by atoms with Crippen molar-refractivity contribution in [3.63, 3.8) is 0 Å². The lowest BCUT2D eigenvalue weighted by atomic mass is 10.1. The van der Waals surface area contributed by atoms with Crippen molar-refractivity contribution in [1.29, 1.82) is 0 Å². The van der Waals surface area contributed by atoms with Crippen LogP contribution >= 0.6 is 0 Å². The summed E-state index contributed by atoms with van der Waals surface area (Å²) in [6, 6.07) is 13.2. The van der Waals surface area contributed by atoms with Crippen LogP contribution in [0.5, 0.6) is 11.5 Å². The third kappa shape index (κ3) is 2.07. The minimum absolute atomic E-state index is 0.0794. The maximum Gasteiger partial charge on any atom is 0.255 e. The average Bonchev–Trinajstić information content (AvgIpc) is 2.54. The summed E-state index contributed by atoms with van der Waals surface area (Å²) in [7, 11) is 0. The van der Waals surface area contributed by atoms with E-state index in [4.69, 9.17) is 9.47 Å². The van der Waals surface area contributed by atoms with Gasteiger partial charge in [-0.1, -0.05) is 18.2 Å². The van der Waals surface area contributed by atoms with Crippen LogP contribution in [0.2, 0.25) is 0 Å². The molecule has 0 fully saturated rings. The molecule has 2 aliphatic heterocycles. The van der Waals surface area contributed by atoms with Crippen molar-refractivity contribution in [3.8, 4) is 11.5 Å². The third-order valence-corrected chi connectivity index (χ3v) is 3.65. The number of rotatable bonds is 1. The first-order valence-electron chi connectivity index (χ1n) is 6.87. The molecule has 0 spiro atoms. The van der Waals surface area contributed by atoms with Gasteiger partial charge in [0, 0.05) is 5.69 Å². The zero-order chi connectivity index (χ0) is 14.2. The van der Waals surface area contributed by atoms with E-state index in [0.29, 0.717) is 24.5 Å². The molecule has 0 saturated carbocycles. The lowest BCUT2D eigenvalue weighted by molar-refractivity contribution is 0.0935. The normalized spacial score (nSPS) is 19.2. The van der Waals surface area contributed by atoms with Gasteiger partial charge in [-0.05, 0) is 29.8 Å². The number of hydrogen-bond acceptors (Lipinski definition) is 4. The number of fused-ring (bicyclic) bond motifs is 2. The predicted octanol–water partition coefficient (Wildman–Crippen LogP) is 2.31. The minimum Gasteiger partial charge on any atom is -0.486 e. The lowest BCUT2D eigenvalue weighted by Crippen LogP contribution is -2.38. The second kappa shape index (κ2) is 4.70. The summed E-state index contributed by atoms with van der Waals surface area (Å²) in [5, 5.41) is 6.27. The van der Waals surface area contributed by atoms with Gasteiger partial charge in [-0.15, -0.1) is 0 Å². The highest BCUT2D eigenvalue weighted by Crippen LogP contribution is 2.34. The fraction of sp³-hybridized carbons (Fsp3) is 0.188. The number of para-hydroxylation sites is 1. The summed E-state index contributed by atoms with van der Waals surface area (Å²) < 4.78 is 11.1. The summed E-state index contributed by atoms with van der Waals surface area (Å²) in [5.41, 5.74) is 2.43. The molecule has 2 aliphatic rings. The van der Waals surface area contributed by atoms with E-state index in [1.54, 1.807) is 6.07 Å². The van der Waals surface area contributed by atoms with Crippen molar-refractivity contribution in [2.45, 2.75) is 6.17 Å². The molecule has 4 rings (SSSR count). The Morgan fingerprint density at radius 1 is 0.952 bits per heavy atom. The molecule has 2 aromatic carbocycles. The van der Waals surface area contributed by atoms with Crippen molar-refractivity contribution < 1.29 is 14.3 Å². The van der Waals surface area contributed by atoms with Crippen LogP contribution in [-0.2, 0) is 0 Å².